The van der Waals surface area contributed by atoms with Crippen LogP contribution in [-0.4, -0.2) is 19.0 Å². The van der Waals surface area contributed by atoms with E-state index in [-0.39, 0.29) is 11.7 Å². The standard InChI is InChI=1S/C16H21FN2O/c17-14-4-2-1-3-13(14)16(8-9-16)19-15(20)6-5-12-7-10-18-11-12/h1-4,12,18H,5-11H2,(H,19,20). The van der Waals surface area contributed by atoms with Gasteiger partial charge >= 0.3 is 0 Å². The van der Waals surface area contributed by atoms with Crippen LogP contribution in [0.25, 0.3) is 0 Å². The van der Waals surface area contributed by atoms with Crippen molar-refractivity contribution in [2.45, 2.75) is 37.6 Å². The van der Waals surface area contributed by atoms with Crippen LogP contribution in [0.4, 0.5) is 4.39 Å². The Labute approximate surface area is 118 Å². The van der Waals surface area contributed by atoms with Gasteiger partial charge in [0.25, 0.3) is 0 Å². The molecule has 20 heavy (non-hydrogen) atoms. The van der Waals surface area contributed by atoms with E-state index >= 15 is 0 Å². The molecule has 0 bridgehead atoms. The lowest BCUT2D eigenvalue weighted by Gasteiger charge is -2.19. The number of hydrogen-bond acceptors (Lipinski definition) is 2. The maximum atomic E-state index is 13.8. The summed E-state index contributed by atoms with van der Waals surface area (Å²) >= 11 is 0. The van der Waals surface area contributed by atoms with Gasteiger partial charge in [0.05, 0.1) is 5.54 Å². The summed E-state index contributed by atoms with van der Waals surface area (Å²) in [4.78, 5) is 12.1. The number of rotatable bonds is 5. The lowest BCUT2D eigenvalue weighted by atomic mass is 10.0. The molecule has 2 fully saturated rings. The zero-order valence-electron chi connectivity index (χ0n) is 11.6. The number of carbonyl (C=O) groups excluding carboxylic acids is 1. The summed E-state index contributed by atoms with van der Waals surface area (Å²) in [5.41, 5.74) is 0.201. The first-order chi connectivity index (χ1) is 9.70. The monoisotopic (exact) mass is 276 g/mol. The van der Waals surface area contributed by atoms with E-state index in [4.69, 9.17) is 0 Å². The summed E-state index contributed by atoms with van der Waals surface area (Å²) in [6.07, 6.45) is 4.30. The molecule has 1 saturated carbocycles. The molecule has 2 N–H and O–H groups in total. The van der Waals surface area contributed by atoms with Gasteiger partial charge in [0.2, 0.25) is 5.91 Å². The average Bonchev–Trinajstić information content (AvgIpc) is 3.02. The summed E-state index contributed by atoms with van der Waals surface area (Å²) in [6.45, 7) is 2.08. The van der Waals surface area contributed by atoms with Gasteiger partial charge < -0.3 is 10.6 Å². The molecular weight excluding hydrogens is 255 g/mol. The second-order valence-corrected chi connectivity index (χ2v) is 6.01. The molecule has 1 aromatic rings. The van der Waals surface area contributed by atoms with Crippen molar-refractivity contribution in [2.75, 3.05) is 13.1 Å². The van der Waals surface area contributed by atoms with Gasteiger partial charge in [0, 0.05) is 12.0 Å². The van der Waals surface area contributed by atoms with Crippen molar-refractivity contribution in [1.82, 2.24) is 10.6 Å². The molecule has 1 aliphatic heterocycles. The van der Waals surface area contributed by atoms with E-state index in [0.717, 1.165) is 38.8 Å². The molecule has 4 heteroatoms. The molecule has 1 amide bonds. The Morgan fingerprint density at radius 2 is 2.20 bits per heavy atom. The number of carbonyl (C=O) groups is 1. The second-order valence-electron chi connectivity index (χ2n) is 6.01. The van der Waals surface area contributed by atoms with Crippen molar-refractivity contribution >= 4 is 5.91 Å². The van der Waals surface area contributed by atoms with E-state index < -0.39 is 5.54 Å². The zero-order valence-corrected chi connectivity index (χ0v) is 11.6. The summed E-state index contributed by atoms with van der Waals surface area (Å²) in [5.74, 6) is 0.451. The van der Waals surface area contributed by atoms with E-state index in [9.17, 15) is 9.18 Å². The Balaban J connectivity index is 1.57. The van der Waals surface area contributed by atoms with Gasteiger partial charge in [-0.15, -0.1) is 0 Å². The molecule has 1 unspecified atom stereocenters. The Hall–Kier alpha value is -1.42. The van der Waals surface area contributed by atoms with Crippen molar-refractivity contribution in [3.63, 3.8) is 0 Å². The van der Waals surface area contributed by atoms with Gasteiger partial charge in [-0.05, 0) is 50.8 Å². The molecule has 0 radical (unpaired) electrons. The predicted octanol–water partition coefficient (Wildman–Crippen LogP) is 2.32. The molecular formula is C16H21FN2O. The Kier molecular flexibility index (Phi) is 3.74. The summed E-state index contributed by atoms with van der Waals surface area (Å²) in [5, 5.41) is 6.36. The van der Waals surface area contributed by atoms with Gasteiger partial charge in [-0.25, -0.2) is 4.39 Å². The van der Waals surface area contributed by atoms with Crippen LogP contribution in [0.2, 0.25) is 0 Å². The smallest absolute Gasteiger partial charge is 0.220 e. The second kappa shape index (κ2) is 5.52. The highest BCUT2D eigenvalue weighted by Gasteiger charge is 2.47. The summed E-state index contributed by atoms with van der Waals surface area (Å²) in [6, 6.07) is 6.76. The summed E-state index contributed by atoms with van der Waals surface area (Å²) in [7, 11) is 0. The Bertz CT molecular complexity index is 493. The maximum absolute atomic E-state index is 13.8. The average molecular weight is 276 g/mol. The fourth-order valence-corrected chi connectivity index (χ4v) is 3.06. The van der Waals surface area contributed by atoms with Crippen LogP contribution in [-0.2, 0) is 10.3 Å². The van der Waals surface area contributed by atoms with Crippen molar-refractivity contribution in [3.05, 3.63) is 35.6 Å². The van der Waals surface area contributed by atoms with Gasteiger partial charge in [0.1, 0.15) is 5.82 Å². The molecule has 3 nitrogen and oxygen atoms in total. The number of amides is 1. The Morgan fingerprint density at radius 3 is 2.85 bits per heavy atom. The van der Waals surface area contributed by atoms with Crippen molar-refractivity contribution in [3.8, 4) is 0 Å². The first-order valence-electron chi connectivity index (χ1n) is 7.46. The van der Waals surface area contributed by atoms with Crippen molar-refractivity contribution in [1.29, 1.82) is 0 Å². The molecule has 1 aromatic carbocycles. The van der Waals surface area contributed by atoms with Gasteiger partial charge in [-0.1, -0.05) is 18.2 Å². The van der Waals surface area contributed by atoms with E-state index in [1.165, 1.54) is 6.07 Å². The van der Waals surface area contributed by atoms with Gasteiger partial charge in [-0.3, -0.25) is 4.79 Å². The zero-order chi connectivity index (χ0) is 14.0. The largest absolute Gasteiger partial charge is 0.346 e. The lowest BCUT2D eigenvalue weighted by Crippen LogP contribution is -2.35. The van der Waals surface area contributed by atoms with Crippen LogP contribution >= 0.6 is 0 Å². The number of nitrogens with one attached hydrogen (secondary N) is 2. The van der Waals surface area contributed by atoms with Crippen molar-refractivity contribution < 1.29 is 9.18 Å². The Morgan fingerprint density at radius 1 is 1.40 bits per heavy atom. The normalized spacial score (nSPS) is 23.6. The highest BCUT2D eigenvalue weighted by molar-refractivity contribution is 5.77. The summed E-state index contributed by atoms with van der Waals surface area (Å²) < 4.78 is 13.8. The fraction of sp³-hybridized carbons (Fsp3) is 0.562. The van der Waals surface area contributed by atoms with Crippen LogP contribution in [0, 0.1) is 11.7 Å². The highest BCUT2D eigenvalue weighted by Crippen LogP contribution is 2.46. The minimum atomic E-state index is -0.434. The minimum absolute atomic E-state index is 0.0534. The SMILES string of the molecule is O=C(CCC1CCNC1)NC1(c2ccccc2F)CC1. The van der Waals surface area contributed by atoms with Crippen LogP contribution < -0.4 is 10.6 Å². The quantitative estimate of drug-likeness (QED) is 0.866. The third-order valence-corrected chi connectivity index (χ3v) is 4.46. The first kappa shape index (κ1) is 13.6. The topological polar surface area (TPSA) is 41.1 Å². The van der Waals surface area contributed by atoms with E-state index in [1.54, 1.807) is 12.1 Å². The molecule has 2 aliphatic rings. The molecule has 1 saturated heterocycles. The van der Waals surface area contributed by atoms with Gasteiger partial charge in [-0.2, -0.15) is 0 Å². The number of benzene rings is 1. The van der Waals surface area contributed by atoms with Crippen LogP contribution in [0.5, 0.6) is 0 Å². The maximum Gasteiger partial charge on any atom is 0.220 e. The molecule has 1 atom stereocenters. The molecule has 3 rings (SSSR count). The predicted molar refractivity (Wildman–Crippen MR) is 75.7 cm³/mol. The molecule has 1 heterocycles. The number of hydrogen-bond donors (Lipinski definition) is 2. The molecule has 108 valence electrons. The molecule has 0 spiro atoms. The van der Waals surface area contributed by atoms with Crippen LogP contribution in [0.3, 0.4) is 0 Å². The molecule has 0 aromatic heterocycles. The third-order valence-electron chi connectivity index (χ3n) is 4.46. The van der Waals surface area contributed by atoms with Gasteiger partial charge in [0.15, 0.2) is 0 Å². The minimum Gasteiger partial charge on any atom is -0.346 e. The van der Waals surface area contributed by atoms with Crippen molar-refractivity contribution in [2.24, 2.45) is 5.92 Å². The third kappa shape index (κ3) is 2.85. The number of halogens is 1. The highest BCUT2D eigenvalue weighted by atomic mass is 19.1. The van der Waals surface area contributed by atoms with E-state index in [2.05, 4.69) is 10.6 Å². The molecule has 1 aliphatic carbocycles. The lowest BCUT2D eigenvalue weighted by molar-refractivity contribution is -0.122. The van der Waals surface area contributed by atoms with E-state index in [0.29, 0.717) is 17.9 Å². The van der Waals surface area contributed by atoms with Crippen LogP contribution in [0.1, 0.15) is 37.7 Å². The van der Waals surface area contributed by atoms with E-state index in [1.807, 2.05) is 6.07 Å². The van der Waals surface area contributed by atoms with Crippen LogP contribution in [0.15, 0.2) is 24.3 Å². The fourth-order valence-electron chi connectivity index (χ4n) is 3.06. The first-order valence-corrected chi connectivity index (χ1v) is 7.46.